The molecule has 0 aliphatic rings. The van der Waals surface area contributed by atoms with Gasteiger partial charge in [-0.1, -0.05) is 15.9 Å². The average molecular weight is 443 g/mol. The minimum absolute atomic E-state index is 0.0125. The summed E-state index contributed by atoms with van der Waals surface area (Å²) >= 11 is 6.47. The molecule has 9 heteroatoms. The number of hydrogen-bond donors (Lipinski definition) is 2. The summed E-state index contributed by atoms with van der Waals surface area (Å²) in [5.41, 5.74) is 2.81. The number of hydrazone groups is 1. The van der Waals surface area contributed by atoms with Crippen LogP contribution in [0.5, 0.6) is 5.75 Å². The number of non-ortho nitro benzene ring substituents is 1. The molecular weight excluding hydrogens is 434 g/mol. The molecule has 0 radical (unpaired) electrons. The van der Waals surface area contributed by atoms with Crippen LogP contribution in [0.4, 0.5) is 5.69 Å². The van der Waals surface area contributed by atoms with Crippen LogP contribution < -0.4 is 5.43 Å². The molecule has 23 heavy (non-hydrogen) atoms. The molecule has 2 aromatic rings. The van der Waals surface area contributed by atoms with Crippen LogP contribution in [0.1, 0.15) is 15.9 Å². The molecule has 2 aromatic carbocycles. The highest BCUT2D eigenvalue weighted by Gasteiger charge is 2.09. The Kier molecular flexibility index (Phi) is 5.45. The third kappa shape index (κ3) is 4.36. The molecule has 0 spiro atoms. The first-order valence-corrected chi connectivity index (χ1v) is 7.73. The van der Waals surface area contributed by atoms with Crippen LogP contribution in [-0.2, 0) is 0 Å². The van der Waals surface area contributed by atoms with Gasteiger partial charge in [0.15, 0.2) is 0 Å². The van der Waals surface area contributed by atoms with E-state index in [-0.39, 0.29) is 17.0 Å². The number of phenolic OH excluding ortho intramolecular Hbond substituents is 1. The SMILES string of the molecule is O=C(N/N=C/c1cc(Br)cc(Br)c1O)c1ccc([N+](=O)[O-])cc1. The number of carbonyl (C=O) groups excluding carboxylic acids is 1. The topological polar surface area (TPSA) is 105 Å². The molecule has 0 aliphatic heterocycles. The maximum Gasteiger partial charge on any atom is 0.271 e. The van der Waals surface area contributed by atoms with Gasteiger partial charge in [-0.3, -0.25) is 14.9 Å². The van der Waals surface area contributed by atoms with E-state index in [2.05, 4.69) is 42.4 Å². The van der Waals surface area contributed by atoms with Gasteiger partial charge in [0, 0.05) is 27.7 Å². The van der Waals surface area contributed by atoms with Crippen LogP contribution in [0.2, 0.25) is 0 Å². The van der Waals surface area contributed by atoms with Gasteiger partial charge in [0.2, 0.25) is 0 Å². The van der Waals surface area contributed by atoms with E-state index >= 15 is 0 Å². The van der Waals surface area contributed by atoms with Gasteiger partial charge in [0.1, 0.15) is 5.75 Å². The number of hydrogen-bond acceptors (Lipinski definition) is 5. The van der Waals surface area contributed by atoms with Crippen molar-refractivity contribution in [3.05, 3.63) is 66.6 Å². The summed E-state index contributed by atoms with van der Waals surface area (Å²) in [6.45, 7) is 0. The van der Waals surface area contributed by atoms with Crippen LogP contribution in [0.25, 0.3) is 0 Å². The molecule has 0 atom stereocenters. The molecule has 118 valence electrons. The molecule has 0 saturated carbocycles. The summed E-state index contributed by atoms with van der Waals surface area (Å²) in [5, 5.41) is 24.2. The Morgan fingerprint density at radius 2 is 1.91 bits per heavy atom. The first kappa shape index (κ1) is 17.1. The van der Waals surface area contributed by atoms with Crippen molar-refractivity contribution >= 4 is 49.7 Å². The summed E-state index contributed by atoms with van der Waals surface area (Å²) in [6.07, 6.45) is 1.29. The van der Waals surface area contributed by atoms with Crippen molar-refractivity contribution in [2.24, 2.45) is 5.10 Å². The van der Waals surface area contributed by atoms with E-state index in [9.17, 15) is 20.0 Å². The Labute approximate surface area is 147 Å². The summed E-state index contributed by atoms with van der Waals surface area (Å²) in [7, 11) is 0. The number of benzene rings is 2. The number of nitrogens with one attached hydrogen (secondary N) is 1. The third-order valence-corrected chi connectivity index (χ3v) is 3.83. The molecule has 0 unspecified atom stereocenters. The lowest BCUT2D eigenvalue weighted by atomic mass is 10.2. The predicted octanol–water partition coefficient (Wildman–Crippen LogP) is 3.59. The van der Waals surface area contributed by atoms with Crippen molar-refractivity contribution in [2.75, 3.05) is 0 Å². The van der Waals surface area contributed by atoms with Gasteiger partial charge in [-0.05, 0) is 40.2 Å². The van der Waals surface area contributed by atoms with E-state index in [0.717, 1.165) is 4.47 Å². The number of halogens is 2. The molecule has 0 aromatic heterocycles. The van der Waals surface area contributed by atoms with Crippen molar-refractivity contribution in [2.45, 2.75) is 0 Å². The Hall–Kier alpha value is -2.26. The number of nitrogens with zero attached hydrogens (tertiary/aromatic N) is 2. The smallest absolute Gasteiger partial charge is 0.271 e. The van der Waals surface area contributed by atoms with Gasteiger partial charge in [-0.25, -0.2) is 5.43 Å². The van der Waals surface area contributed by atoms with E-state index in [1.165, 1.54) is 30.5 Å². The third-order valence-electron chi connectivity index (χ3n) is 2.77. The molecule has 0 heterocycles. The van der Waals surface area contributed by atoms with E-state index in [1.54, 1.807) is 12.1 Å². The molecular formula is C14H9Br2N3O4. The van der Waals surface area contributed by atoms with Gasteiger partial charge in [0.25, 0.3) is 11.6 Å². The van der Waals surface area contributed by atoms with Crippen LogP contribution in [0.3, 0.4) is 0 Å². The average Bonchev–Trinajstić information content (AvgIpc) is 2.51. The summed E-state index contributed by atoms with van der Waals surface area (Å²) in [5.74, 6) is -0.536. The highest BCUT2D eigenvalue weighted by Crippen LogP contribution is 2.30. The standard InChI is InChI=1S/C14H9Br2N3O4/c15-10-5-9(13(20)12(16)6-10)7-17-18-14(21)8-1-3-11(4-2-8)19(22)23/h1-7,20H,(H,18,21)/b17-7+. The van der Waals surface area contributed by atoms with Crippen LogP contribution in [0, 0.1) is 10.1 Å². The fraction of sp³-hybridized carbons (Fsp3) is 0. The predicted molar refractivity (Wildman–Crippen MR) is 91.7 cm³/mol. The van der Waals surface area contributed by atoms with Gasteiger partial charge >= 0.3 is 0 Å². The molecule has 0 aliphatic carbocycles. The second-order valence-electron chi connectivity index (χ2n) is 4.33. The molecule has 0 saturated heterocycles. The van der Waals surface area contributed by atoms with E-state index in [0.29, 0.717) is 10.0 Å². The number of aromatic hydroxyl groups is 1. The number of amides is 1. The van der Waals surface area contributed by atoms with Crippen LogP contribution in [-0.4, -0.2) is 22.2 Å². The van der Waals surface area contributed by atoms with Crippen molar-refractivity contribution in [3.8, 4) is 5.75 Å². The first-order chi connectivity index (χ1) is 10.9. The van der Waals surface area contributed by atoms with Gasteiger partial charge < -0.3 is 5.11 Å². The van der Waals surface area contributed by atoms with E-state index in [1.807, 2.05) is 0 Å². The highest BCUT2D eigenvalue weighted by molar-refractivity contribution is 9.11. The normalized spacial score (nSPS) is 10.7. The molecule has 0 fully saturated rings. The number of nitro groups is 1. The zero-order valence-corrected chi connectivity index (χ0v) is 14.5. The lowest BCUT2D eigenvalue weighted by Gasteiger charge is -2.03. The Morgan fingerprint density at radius 1 is 1.26 bits per heavy atom. The number of nitro benzene ring substituents is 1. The second-order valence-corrected chi connectivity index (χ2v) is 6.10. The number of carbonyl (C=O) groups is 1. The summed E-state index contributed by atoms with van der Waals surface area (Å²) < 4.78 is 1.21. The maximum atomic E-state index is 11.9. The molecule has 7 nitrogen and oxygen atoms in total. The second kappa shape index (κ2) is 7.34. The fourth-order valence-corrected chi connectivity index (χ4v) is 2.90. The summed E-state index contributed by atoms with van der Waals surface area (Å²) in [4.78, 5) is 21.9. The van der Waals surface area contributed by atoms with Crippen molar-refractivity contribution < 1.29 is 14.8 Å². The maximum absolute atomic E-state index is 11.9. The highest BCUT2D eigenvalue weighted by atomic mass is 79.9. The number of rotatable bonds is 4. The van der Waals surface area contributed by atoms with Crippen molar-refractivity contribution in [3.63, 3.8) is 0 Å². The lowest BCUT2D eigenvalue weighted by molar-refractivity contribution is -0.384. The fourth-order valence-electron chi connectivity index (χ4n) is 1.64. The number of phenols is 1. The monoisotopic (exact) mass is 441 g/mol. The molecule has 2 rings (SSSR count). The first-order valence-electron chi connectivity index (χ1n) is 6.14. The largest absolute Gasteiger partial charge is 0.506 e. The van der Waals surface area contributed by atoms with E-state index < -0.39 is 10.8 Å². The molecule has 2 N–H and O–H groups in total. The van der Waals surface area contributed by atoms with Crippen LogP contribution >= 0.6 is 31.9 Å². The van der Waals surface area contributed by atoms with Crippen molar-refractivity contribution in [1.29, 1.82) is 0 Å². The van der Waals surface area contributed by atoms with Crippen molar-refractivity contribution in [1.82, 2.24) is 5.43 Å². The van der Waals surface area contributed by atoms with Gasteiger partial charge in [-0.15, -0.1) is 0 Å². The Bertz CT molecular complexity index is 791. The minimum atomic E-state index is -0.548. The van der Waals surface area contributed by atoms with E-state index in [4.69, 9.17) is 0 Å². The van der Waals surface area contributed by atoms with Gasteiger partial charge in [-0.2, -0.15) is 5.10 Å². The quantitative estimate of drug-likeness (QED) is 0.428. The Morgan fingerprint density at radius 3 is 2.52 bits per heavy atom. The summed E-state index contributed by atoms with van der Waals surface area (Å²) in [6, 6.07) is 8.42. The van der Waals surface area contributed by atoms with Gasteiger partial charge in [0.05, 0.1) is 15.6 Å². The molecule has 1 amide bonds. The van der Waals surface area contributed by atoms with Crippen LogP contribution in [0.15, 0.2) is 50.4 Å². The zero-order valence-electron chi connectivity index (χ0n) is 11.4. The zero-order chi connectivity index (χ0) is 17.0. The minimum Gasteiger partial charge on any atom is -0.506 e. The lowest BCUT2D eigenvalue weighted by Crippen LogP contribution is -2.17. The molecule has 0 bridgehead atoms. The Balaban J connectivity index is 2.08.